The van der Waals surface area contributed by atoms with Gasteiger partial charge >= 0.3 is 0 Å². The lowest BCUT2D eigenvalue weighted by atomic mass is 10.0. The van der Waals surface area contributed by atoms with E-state index in [1.807, 2.05) is 48.7 Å². The van der Waals surface area contributed by atoms with Crippen molar-refractivity contribution in [2.45, 2.75) is 32.9 Å². The van der Waals surface area contributed by atoms with Crippen LogP contribution in [-0.2, 0) is 11.3 Å². The molecule has 3 aromatic rings. The molecule has 0 saturated heterocycles. The molecular formula is C25H31ClN4O2. The first-order valence-corrected chi connectivity index (χ1v) is 11.3. The Balaban J connectivity index is 2.11. The number of amides is 1. The maximum absolute atomic E-state index is 12.7. The average Bonchev–Trinajstić information content (AvgIpc) is 3.19. The SMILES string of the molecule is CC(C)[C@H](c1nc(-c2cccc(Cl)c2)cn1Cc1ccccc1)N(CCCN)C(=O)CO. The molecule has 1 atom stereocenters. The van der Waals surface area contributed by atoms with Crippen LogP contribution in [0.1, 0.15) is 37.7 Å². The summed E-state index contributed by atoms with van der Waals surface area (Å²) in [5.41, 5.74) is 8.56. The summed E-state index contributed by atoms with van der Waals surface area (Å²) in [5, 5.41) is 10.3. The summed E-state index contributed by atoms with van der Waals surface area (Å²) >= 11 is 6.23. The molecule has 0 aliphatic heterocycles. The largest absolute Gasteiger partial charge is 0.387 e. The summed E-state index contributed by atoms with van der Waals surface area (Å²) in [7, 11) is 0. The zero-order chi connectivity index (χ0) is 23.1. The molecular weight excluding hydrogens is 424 g/mol. The van der Waals surface area contributed by atoms with Crippen molar-refractivity contribution in [3.63, 3.8) is 0 Å². The fraction of sp³-hybridized carbons (Fsp3) is 0.360. The van der Waals surface area contributed by atoms with E-state index in [0.717, 1.165) is 22.6 Å². The van der Waals surface area contributed by atoms with Crippen LogP contribution in [0.5, 0.6) is 0 Å². The van der Waals surface area contributed by atoms with Crippen molar-refractivity contribution in [3.05, 3.63) is 77.2 Å². The summed E-state index contributed by atoms with van der Waals surface area (Å²) in [6.45, 7) is 5.12. The van der Waals surface area contributed by atoms with Crippen molar-refractivity contribution >= 4 is 17.5 Å². The molecule has 0 radical (unpaired) electrons. The maximum Gasteiger partial charge on any atom is 0.248 e. The molecule has 1 heterocycles. The summed E-state index contributed by atoms with van der Waals surface area (Å²) in [6, 6.07) is 17.4. The van der Waals surface area contributed by atoms with Crippen LogP contribution in [0.15, 0.2) is 60.8 Å². The predicted molar refractivity (Wildman–Crippen MR) is 128 cm³/mol. The quantitative estimate of drug-likeness (QED) is 0.482. The van der Waals surface area contributed by atoms with Gasteiger partial charge in [0.05, 0.1) is 11.7 Å². The summed E-state index contributed by atoms with van der Waals surface area (Å²) < 4.78 is 2.09. The Kier molecular flexibility index (Phi) is 8.45. The number of nitrogens with two attached hydrogens (primary N) is 1. The van der Waals surface area contributed by atoms with E-state index in [-0.39, 0.29) is 17.9 Å². The van der Waals surface area contributed by atoms with Crippen molar-refractivity contribution < 1.29 is 9.90 Å². The third kappa shape index (κ3) is 5.76. The van der Waals surface area contributed by atoms with Gasteiger partial charge in [0.1, 0.15) is 12.4 Å². The number of carbonyl (C=O) groups is 1. The normalized spacial score (nSPS) is 12.2. The van der Waals surface area contributed by atoms with Crippen molar-refractivity contribution in [2.24, 2.45) is 11.7 Å². The highest BCUT2D eigenvalue weighted by molar-refractivity contribution is 6.30. The number of aliphatic hydroxyl groups is 1. The molecule has 2 aromatic carbocycles. The van der Waals surface area contributed by atoms with E-state index in [1.165, 1.54) is 0 Å². The fourth-order valence-electron chi connectivity index (χ4n) is 3.93. The molecule has 0 spiro atoms. The molecule has 1 amide bonds. The van der Waals surface area contributed by atoms with Gasteiger partial charge in [0.25, 0.3) is 0 Å². The molecule has 7 heteroatoms. The molecule has 3 rings (SSSR count). The molecule has 1 aromatic heterocycles. The van der Waals surface area contributed by atoms with E-state index in [4.69, 9.17) is 22.3 Å². The monoisotopic (exact) mass is 454 g/mol. The zero-order valence-corrected chi connectivity index (χ0v) is 19.4. The van der Waals surface area contributed by atoms with Crippen LogP contribution in [0.2, 0.25) is 5.02 Å². The number of hydrogen-bond donors (Lipinski definition) is 2. The highest BCUT2D eigenvalue weighted by Crippen LogP contribution is 2.32. The number of hydrogen-bond acceptors (Lipinski definition) is 4. The maximum atomic E-state index is 12.7. The summed E-state index contributed by atoms with van der Waals surface area (Å²) in [6.07, 6.45) is 2.66. The highest BCUT2D eigenvalue weighted by Gasteiger charge is 2.31. The molecule has 170 valence electrons. The lowest BCUT2D eigenvalue weighted by molar-refractivity contribution is -0.138. The summed E-state index contributed by atoms with van der Waals surface area (Å²) in [5.74, 6) is 0.528. The third-order valence-corrected chi connectivity index (χ3v) is 5.65. The predicted octanol–water partition coefficient (Wildman–Crippen LogP) is 4.12. The lowest BCUT2D eigenvalue weighted by Crippen LogP contribution is -2.41. The lowest BCUT2D eigenvalue weighted by Gasteiger charge is -2.34. The first-order chi connectivity index (χ1) is 15.4. The van der Waals surface area contributed by atoms with E-state index in [9.17, 15) is 9.90 Å². The van der Waals surface area contributed by atoms with Gasteiger partial charge in [-0.1, -0.05) is 67.9 Å². The molecule has 0 fully saturated rings. The molecule has 3 N–H and O–H groups in total. The topological polar surface area (TPSA) is 84.4 Å². The van der Waals surface area contributed by atoms with Gasteiger partial charge in [-0.3, -0.25) is 4.79 Å². The van der Waals surface area contributed by atoms with Crippen LogP contribution in [-0.4, -0.2) is 45.2 Å². The smallest absolute Gasteiger partial charge is 0.248 e. The second-order valence-corrected chi connectivity index (χ2v) is 8.62. The number of halogens is 1. The van der Waals surface area contributed by atoms with Crippen LogP contribution in [0.3, 0.4) is 0 Å². The minimum absolute atomic E-state index is 0.0763. The van der Waals surface area contributed by atoms with E-state index in [2.05, 4.69) is 30.5 Å². The molecule has 0 saturated carbocycles. The van der Waals surface area contributed by atoms with E-state index in [0.29, 0.717) is 31.1 Å². The molecule has 0 aliphatic carbocycles. The molecule has 0 unspecified atom stereocenters. The first kappa shape index (κ1) is 24.0. The van der Waals surface area contributed by atoms with Gasteiger partial charge in [0.2, 0.25) is 5.91 Å². The number of rotatable bonds is 10. The van der Waals surface area contributed by atoms with Gasteiger partial charge in [-0.05, 0) is 36.6 Å². The summed E-state index contributed by atoms with van der Waals surface area (Å²) in [4.78, 5) is 19.4. The minimum atomic E-state index is -0.547. The van der Waals surface area contributed by atoms with Crippen LogP contribution in [0.25, 0.3) is 11.3 Å². The van der Waals surface area contributed by atoms with Gasteiger partial charge in [0.15, 0.2) is 0 Å². The van der Waals surface area contributed by atoms with Crippen molar-refractivity contribution in [1.82, 2.24) is 14.5 Å². The van der Waals surface area contributed by atoms with Gasteiger partial charge < -0.3 is 20.3 Å². The number of carbonyl (C=O) groups excluding carboxylic acids is 1. The van der Waals surface area contributed by atoms with Gasteiger partial charge in [0, 0.05) is 29.9 Å². The Morgan fingerprint density at radius 3 is 2.56 bits per heavy atom. The Bertz CT molecular complexity index is 1020. The van der Waals surface area contributed by atoms with Gasteiger partial charge in [-0.2, -0.15) is 0 Å². The van der Waals surface area contributed by atoms with Crippen LogP contribution in [0.4, 0.5) is 0 Å². The first-order valence-electron chi connectivity index (χ1n) is 10.9. The number of imidazole rings is 1. The highest BCUT2D eigenvalue weighted by atomic mass is 35.5. The number of aliphatic hydroxyl groups excluding tert-OH is 1. The average molecular weight is 455 g/mol. The zero-order valence-electron chi connectivity index (χ0n) is 18.6. The molecule has 0 aliphatic rings. The molecule has 6 nitrogen and oxygen atoms in total. The second-order valence-electron chi connectivity index (χ2n) is 8.18. The van der Waals surface area contributed by atoms with Gasteiger partial charge in [-0.15, -0.1) is 0 Å². The van der Waals surface area contributed by atoms with Gasteiger partial charge in [-0.25, -0.2) is 4.98 Å². The number of aromatic nitrogens is 2. The second kappa shape index (κ2) is 11.3. The Morgan fingerprint density at radius 2 is 1.94 bits per heavy atom. The third-order valence-electron chi connectivity index (χ3n) is 5.41. The van der Waals surface area contributed by atoms with E-state index < -0.39 is 6.61 Å². The van der Waals surface area contributed by atoms with Crippen molar-refractivity contribution in [1.29, 1.82) is 0 Å². The molecule has 32 heavy (non-hydrogen) atoms. The Labute approximate surface area is 194 Å². The van der Waals surface area contributed by atoms with Crippen LogP contribution < -0.4 is 5.73 Å². The van der Waals surface area contributed by atoms with E-state index >= 15 is 0 Å². The fourth-order valence-corrected chi connectivity index (χ4v) is 4.12. The standard InChI is InChI=1S/C25H31ClN4O2/c1-18(2)24(30(13-7-12-27)23(32)17-31)25-28-22(20-10-6-11-21(26)14-20)16-29(25)15-19-8-4-3-5-9-19/h3-6,8-11,14,16,18,24,31H,7,12-13,15,17,27H2,1-2H3/t24-/m1/s1. The van der Waals surface area contributed by atoms with Crippen molar-refractivity contribution in [2.75, 3.05) is 19.7 Å². The minimum Gasteiger partial charge on any atom is -0.387 e. The Morgan fingerprint density at radius 1 is 1.19 bits per heavy atom. The van der Waals surface area contributed by atoms with Crippen LogP contribution in [0, 0.1) is 5.92 Å². The number of benzene rings is 2. The Hall–Kier alpha value is -2.67. The molecule has 0 bridgehead atoms. The van der Waals surface area contributed by atoms with Crippen molar-refractivity contribution in [3.8, 4) is 11.3 Å². The van der Waals surface area contributed by atoms with E-state index in [1.54, 1.807) is 4.90 Å². The number of nitrogens with zero attached hydrogens (tertiary/aromatic N) is 3. The van der Waals surface area contributed by atoms with Crippen LogP contribution >= 0.6 is 11.6 Å².